The molecule has 130 valence electrons. The van der Waals surface area contributed by atoms with Gasteiger partial charge in [0.25, 0.3) is 0 Å². The monoisotopic (exact) mass is 337 g/mol. The third-order valence-electron chi connectivity index (χ3n) is 3.89. The molecule has 6 heteroatoms. The number of anilines is 1. The average molecular weight is 337 g/mol. The molecule has 0 radical (unpaired) electrons. The van der Waals surface area contributed by atoms with Crippen LogP contribution in [0.15, 0.2) is 48.5 Å². The predicted octanol–water partition coefficient (Wildman–Crippen LogP) is 3.58. The Hall–Kier alpha value is -2.89. The fourth-order valence-corrected chi connectivity index (χ4v) is 2.50. The van der Waals surface area contributed by atoms with Crippen LogP contribution < -0.4 is 10.1 Å². The second kappa shape index (κ2) is 8.28. The molecule has 0 saturated heterocycles. The molecule has 1 N–H and O–H groups in total. The van der Waals surface area contributed by atoms with Crippen molar-refractivity contribution in [1.29, 1.82) is 0 Å². The van der Waals surface area contributed by atoms with Crippen molar-refractivity contribution in [1.82, 2.24) is 20.2 Å². The van der Waals surface area contributed by atoms with E-state index in [9.17, 15) is 0 Å². The van der Waals surface area contributed by atoms with Crippen LogP contribution in [0.2, 0.25) is 0 Å². The molecular weight excluding hydrogens is 314 g/mol. The zero-order valence-corrected chi connectivity index (χ0v) is 14.6. The minimum Gasteiger partial charge on any atom is -0.489 e. The summed E-state index contributed by atoms with van der Waals surface area (Å²) in [7, 11) is 0. The third kappa shape index (κ3) is 4.56. The van der Waals surface area contributed by atoms with Gasteiger partial charge in [-0.1, -0.05) is 60.1 Å². The van der Waals surface area contributed by atoms with E-state index in [2.05, 4.69) is 59.0 Å². The number of hydrogen-bond acceptors (Lipinski definition) is 5. The maximum Gasteiger partial charge on any atom is 0.243 e. The summed E-state index contributed by atoms with van der Waals surface area (Å²) >= 11 is 0. The quantitative estimate of drug-likeness (QED) is 0.680. The molecule has 0 unspecified atom stereocenters. The highest BCUT2D eigenvalue weighted by Crippen LogP contribution is 2.20. The molecule has 0 amide bonds. The molecule has 3 aromatic rings. The van der Waals surface area contributed by atoms with Gasteiger partial charge in [0, 0.05) is 18.7 Å². The lowest BCUT2D eigenvalue weighted by Gasteiger charge is -2.12. The highest BCUT2D eigenvalue weighted by atomic mass is 16.5. The highest BCUT2D eigenvalue weighted by Gasteiger charge is 2.07. The smallest absolute Gasteiger partial charge is 0.243 e. The van der Waals surface area contributed by atoms with Crippen LogP contribution >= 0.6 is 0 Å². The molecule has 25 heavy (non-hydrogen) atoms. The standard InChI is InChI=1S/C19H23N5O/c1-3-12-24-19(21-22-23-24)20-13-17-6-4-5-7-18(17)25-14-16-10-8-15(2)9-11-16/h4-11H,3,12-14H2,1-2H3,(H,20,21,23). The lowest BCUT2D eigenvalue weighted by Crippen LogP contribution is -2.09. The number of hydrogen-bond donors (Lipinski definition) is 1. The summed E-state index contributed by atoms with van der Waals surface area (Å²) in [6.07, 6.45) is 0.982. The van der Waals surface area contributed by atoms with E-state index >= 15 is 0 Å². The molecule has 2 aromatic carbocycles. The summed E-state index contributed by atoms with van der Waals surface area (Å²) in [6.45, 7) is 6.12. The highest BCUT2D eigenvalue weighted by molar-refractivity contribution is 5.37. The van der Waals surface area contributed by atoms with Gasteiger partial charge in [0.1, 0.15) is 12.4 Å². The van der Waals surface area contributed by atoms with E-state index in [-0.39, 0.29) is 0 Å². The number of benzene rings is 2. The van der Waals surface area contributed by atoms with Crippen molar-refractivity contribution < 1.29 is 4.74 Å². The van der Waals surface area contributed by atoms with E-state index < -0.39 is 0 Å². The van der Waals surface area contributed by atoms with Crippen LogP contribution in [0.3, 0.4) is 0 Å². The fraction of sp³-hybridized carbons (Fsp3) is 0.316. The number of aryl methyl sites for hydroxylation is 2. The summed E-state index contributed by atoms with van der Waals surface area (Å²) in [5.41, 5.74) is 3.47. The Morgan fingerprint density at radius 1 is 1.08 bits per heavy atom. The Bertz CT molecular complexity index is 798. The van der Waals surface area contributed by atoms with Crippen LogP contribution in [0.1, 0.15) is 30.0 Å². The Morgan fingerprint density at radius 2 is 1.88 bits per heavy atom. The number of nitrogens with one attached hydrogen (secondary N) is 1. The van der Waals surface area contributed by atoms with Gasteiger partial charge < -0.3 is 10.1 Å². The van der Waals surface area contributed by atoms with Crippen LogP contribution in [-0.4, -0.2) is 20.2 Å². The van der Waals surface area contributed by atoms with Gasteiger partial charge in [-0.05, 0) is 35.4 Å². The number of rotatable bonds is 8. The van der Waals surface area contributed by atoms with Gasteiger partial charge >= 0.3 is 0 Å². The molecule has 3 rings (SSSR count). The minimum atomic E-state index is 0.546. The molecule has 0 aliphatic heterocycles. The van der Waals surface area contributed by atoms with E-state index in [4.69, 9.17) is 4.74 Å². The maximum atomic E-state index is 6.01. The Balaban J connectivity index is 1.64. The average Bonchev–Trinajstić information content (AvgIpc) is 3.08. The molecule has 0 spiro atoms. The Labute approximate surface area is 147 Å². The van der Waals surface area contributed by atoms with Crippen molar-refractivity contribution in [2.45, 2.75) is 40.0 Å². The van der Waals surface area contributed by atoms with E-state index in [0.717, 1.165) is 29.8 Å². The van der Waals surface area contributed by atoms with Gasteiger partial charge in [0.15, 0.2) is 0 Å². The van der Waals surface area contributed by atoms with E-state index in [1.165, 1.54) is 5.56 Å². The van der Waals surface area contributed by atoms with E-state index in [1.54, 1.807) is 4.68 Å². The van der Waals surface area contributed by atoms with Gasteiger partial charge in [-0.2, -0.15) is 0 Å². The van der Waals surface area contributed by atoms with Crippen molar-refractivity contribution in [3.63, 3.8) is 0 Å². The van der Waals surface area contributed by atoms with E-state index in [1.807, 2.05) is 24.3 Å². The molecule has 6 nitrogen and oxygen atoms in total. The van der Waals surface area contributed by atoms with Crippen LogP contribution in [0.4, 0.5) is 5.95 Å². The second-order valence-corrected chi connectivity index (χ2v) is 5.96. The number of nitrogens with zero attached hydrogens (tertiary/aromatic N) is 4. The number of tetrazole rings is 1. The third-order valence-corrected chi connectivity index (χ3v) is 3.89. The van der Waals surface area contributed by atoms with Gasteiger partial charge in [-0.15, -0.1) is 0 Å². The Kier molecular flexibility index (Phi) is 5.61. The zero-order chi connectivity index (χ0) is 17.5. The van der Waals surface area contributed by atoms with Crippen LogP contribution in [0.5, 0.6) is 5.75 Å². The summed E-state index contributed by atoms with van der Waals surface area (Å²) in [4.78, 5) is 0. The molecule has 0 aliphatic rings. The van der Waals surface area contributed by atoms with Gasteiger partial charge in [0.2, 0.25) is 5.95 Å². The first-order valence-corrected chi connectivity index (χ1v) is 8.52. The summed E-state index contributed by atoms with van der Waals surface area (Å²) in [5.74, 6) is 1.54. The Morgan fingerprint density at radius 3 is 2.68 bits per heavy atom. The van der Waals surface area contributed by atoms with Crippen molar-refractivity contribution in [2.24, 2.45) is 0 Å². The molecular formula is C19H23N5O. The molecule has 0 atom stereocenters. The molecule has 1 heterocycles. The van der Waals surface area contributed by atoms with Crippen molar-refractivity contribution in [2.75, 3.05) is 5.32 Å². The normalized spacial score (nSPS) is 10.6. The van der Waals surface area contributed by atoms with Crippen LogP contribution in [-0.2, 0) is 19.7 Å². The van der Waals surface area contributed by atoms with Crippen molar-refractivity contribution in [3.8, 4) is 5.75 Å². The molecule has 0 bridgehead atoms. The first-order valence-electron chi connectivity index (χ1n) is 8.52. The summed E-state index contributed by atoms with van der Waals surface area (Å²) < 4.78 is 7.79. The van der Waals surface area contributed by atoms with Gasteiger partial charge in [0.05, 0.1) is 0 Å². The molecule has 0 aliphatic carbocycles. The summed E-state index contributed by atoms with van der Waals surface area (Å²) in [6, 6.07) is 16.4. The van der Waals surface area contributed by atoms with Crippen LogP contribution in [0, 0.1) is 6.92 Å². The molecule has 1 aromatic heterocycles. The number of ether oxygens (including phenoxy) is 1. The van der Waals surface area contributed by atoms with Crippen molar-refractivity contribution in [3.05, 3.63) is 65.2 Å². The largest absolute Gasteiger partial charge is 0.489 e. The number of para-hydroxylation sites is 1. The summed E-state index contributed by atoms with van der Waals surface area (Å²) in [5, 5.41) is 15.0. The van der Waals surface area contributed by atoms with Crippen molar-refractivity contribution >= 4 is 5.95 Å². The maximum absolute atomic E-state index is 6.01. The van der Waals surface area contributed by atoms with Gasteiger partial charge in [-0.3, -0.25) is 0 Å². The molecule has 0 fully saturated rings. The first-order chi connectivity index (χ1) is 12.3. The van der Waals surface area contributed by atoms with Gasteiger partial charge in [-0.25, -0.2) is 4.68 Å². The lowest BCUT2D eigenvalue weighted by atomic mass is 10.1. The van der Waals surface area contributed by atoms with Crippen LogP contribution in [0.25, 0.3) is 0 Å². The first kappa shape index (κ1) is 17.0. The number of aromatic nitrogens is 4. The zero-order valence-electron chi connectivity index (χ0n) is 14.6. The molecule has 0 saturated carbocycles. The SMILES string of the molecule is CCCn1nnnc1NCc1ccccc1OCc1ccc(C)cc1. The predicted molar refractivity (Wildman–Crippen MR) is 97.4 cm³/mol. The van der Waals surface area contributed by atoms with E-state index in [0.29, 0.717) is 19.1 Å². The minimum absolute atomic E-state index is 0.546. The lowest BCUT2D eigenvalue weighted by molar-refractivity contribution is 0.303. The second-order valence-electron chi connectivity index (χ2n) is 5.96. The topological polar surface area (TPSA) is 64.9 Å². The fourth-order valence-electron chi connectivity index (χ4n) is 2.50.